The number of pyridine rings is 1. The van der Waals surface area contributed by atoms with E-state index in [2.05, 4.69) is 15.0 Å². The highest BCUT2D eigenvalue weighted by Gasteiger charge is 2.35. The number of alkyl halides is 3. The molecule has 152 valence electrons. The van der Waals surface area contributed by atoms with Gasteiger partial charge in [0.15, 0.2) is 0 Å². The van der Waals surface area contributed by atoms with E-state index in [1.807, 2.05) is 0 Å². The van der Waals surface area contributed by atoms with Gasteiger partial charge in [0.05, 0.1) is 5.52 Å². The summed E-state index contributed by atoms with van der Waals surface area (Å²) in [6.07, 6.45) is -1.81. The molecule has 0 atom stereocenters. The Balaban J connectivity index is 1.67. The lowest BCUT2D eigenvalue weighted by atomic mass is 10.2. The smallest absolute Gasteiger partial charge is 0.248 e. The normalized spacial score (nSPS) is 15.8. The number of fused-ring (bicyclic) bond motifs is 1. The Hall–Kier alpha value is -2.24. The summed E-state index contributed by atoms with van der Waals surface area (Å²) in [7, 11) is -3.60. The number of sulfonamides is 1. The topological polar surface area (TPSA) is 76.0 Å². The first kappa shape index (κ1) is 20.0. The third-order valence-electron chi connectivity index (χ3n) is 4.44. The van der Waals surface area contributed by atoms with Crippen LogP contribution in [0.15, 0.2) is 57.5 Å². The van der Waals surface area contributed by atoms with E-state index in [9.17, 15) is 21.6 Å². The van der Waals surface area contributed by atoms with Gasteiger partial charge >= 0.3 is 6.18 Å². The molecule has 0 bridgehead atoms. The van der Waals surface area contributed by atoms with E-state index < -0.39 is 22.0 Å². The summed E-state index contributed by atoms with van der Waals surface area (Å²) in [5, 5.41) is 0.897. The van der Waals surface area contributed by atoms with Crippen molar-refractivity contribution in [2.75, 3.05) is 13.1 Å². The van der Waals surface area contributed by atoms with E-state index in [0.29, 0.717) is 23.5 Å². The highest BCUT2D eigenvalue weighted by atomic mass is 32.2. The molecule has 29 heavy (non-hydrogen) atoms. The summed E-state index contributed by atoms with van der Waals surface area (Å²) in [4.78, 5) is 11.4. The van der Waals surface area contributed by atoms with Gasteiger partial charge in [-0.3, -0.25) is 0 Å². The van der Waals surface area contributed by atoms with Gasteiger partial charge in [-0.25, -0.2) is 23.4 Å². The Kier molecular flexibility index (Phi) is 5.21. The number of halogens is 3. The maximum Gasteiger partial charge on any atom is 0.451 e. The molecule has 1 saturated heterocycles. The molecule has 0 radical (unpaired) electrons. The van der Waals surface area contributed by atoms with Gasteiger partial charge < -0.3 is 0 Å². The van der Waals surface area contributed by atoms with Crippen LogP contribution in [0.3, 0.4) is 0 Å². The SMILES string of the molecule is O=S(=O)(c1ccc(Sc2nc(C(F)(F)F)nc3ccccc23)nc1)N1CCCC1. The van der Waals surface area contributed by atoms with Crippen molar-refractivity contribution >= 4 is 32.7 Å². The number of para-hydroxylation sites is 1. The first-order valence-corrected chi connectivity index (χ1v) is 11.0. The van der Waals surface area contributed by atoms with E-state index >= 15 is 0 Å². The minimum absolute atomic E-state index is 0.0623. The van der Waals surface area contributed by atoms with Crippen LogP contribution < -0.4 is 0 Å². The lowest BCUT2D eigenvalue weighted by Gasteiger charge is -2.15. The van der Waals surface area contributed by atoms with Gasteiger partial charge in [-0.15, -0.1) is 0 Å². The highest BCUT2D eigenvalue weighted by Crippen LogP contribution is 2.34. The van der Waals surface area contributed by atoms with E-state index in [1.165, 1.54) is 28.7 Å². The predicted octanol–water partition coefficient (Wildman–Crippen LogP) is 3.98. The molecule has 1 aliphatic heterocycles. The number of aromatic nitrogens is 3. The van der Waals surface area contributed by atoms with Gasteiger partial charge in [-0.2, -0.15) is 17.5 Å². The van der Waals surface area contributed by atoms with Crippen LogP contribution in [0, 0.1) is 0 Å². The van der Waals surface area contributed by atoms with Crippen molar-refractivity contribution in [3.63, 3.8) is 0 Å². The second-order valence-electron chi connectivity index (χ2n) is 6.41. The molecule has 4 rings (SSSR count). The molecule has 0 spiro atoms. The molecule has 11 heteroatoms. The average Bonchev–Trinajstić information content (AvgIpc) is 3.23. The van der Waals surface area contributed by atoms with Crippen LogP contribution in [-0.2, 0) is 16.2 Å². The fourth-order valence-electron chi connectivity index (χ4n) is 3.01. The molecule has 0 unspecified atom stereocenters. The number of nitrogens with zero attached hydrogens (tertiary/aromatic N) is 4. The second-order valence-corrected chi connectivity index (χ2v) is 9.36. The molecule has 3 aromatic rings. The Morgan fingerprint density at radius 1 is 1.00 bits per heavy atom. The maximum absolute atomic E-state index is 13.1. The van der Waals surface area contributed by atoms with Crippen molar-refractivity contribution in [2.45, 2.75) is 34.0 Å². The molecule has 6 nitrogen and oxygen atoms in total. The van der Waals surface area contributed by atoms with Crippen LogP contribution in [0.5, 0.6) is 0 Å². The molecule has 0 amide bonds. The molecule has 3 heterocycles. The number of rotatable bonds is 4. The van der Waals surface area contributed by atoms with Crippen molar-refractivity contribution in [3.05, 3.63) is 48.4 Å². The fraction of sp³-hybridized carbons (Fsp3) is 0.278. The third kappa shape index (κ3) is 4.07. The Labute approximate surface area is 169 Å². The largest absolute Gasteiger partial charge is 0.451 e. The van der Waals surface area contributed by atoms with Gasteiger partial charge in [-0.05, 0) is 42.8 Å². The van der Waals surface area contributed by atoms with Gasteiger partial charge in [0.25, 0.3) is 0 Å². The zero-order valence-corrected chi connectivity index (χ0v) is 16.6. The standard InChI is InChI=1S/C18H15F3N4O2S2/c19-18(20,21)17-23-14-6-2-1-5-13(14)16(24-17)28-15-8-7-12(11-22-15)29(26,27)25-9-3-4-10-25/h1-2,5-8,11H,3-4,9-10H2. The average molecular weight is 440 g/mol. The summed E-state index contributed by atoms with van der Waals surface area (Å²) in [6, 6.07) is 9.27. The summed E-state index contributed by atoms with van der Waals surface area (Å²) in [5.74, 6) is -1.23. The van der Waals surface area contributed by atoms with Crippen LogP contribution >= 0.6 is 11.8 Å². The molecule has 2 aromatic heterocycles. The Morgan fingerprint density at radius 2 is 1.72 bits per heavy atom. The number of benzene rings is 1. The summed E-state index contributed by atoms with van der Waals surface area (Å²) >= 11 is 0.928. The molecule has 0 saturated carbocycles. The van der Waals surface area contributed by atoms with Gasteiger partial charge in [0.1, 0.15) is 14.9 Å². The maximum atomic E-state index is 13.1. The molecule has 1 aliphatic rings. The lowest BCUT2D eigenvalue weighted by molar-refractivity contribution is -0.145. The van der Waals surface area contributed by atoms with E-state index in [1.54, 1.807) is 18.2 Å². The van der Waals surface area contributed by atoms with Gasteiger partial charge in [0, 0.05) is 24.7 Å². The summed E-state index contributed by atoms with van der Waals surface area (Å²) in [5.41, 5.74) is 0.172. The number of hydrogen-bond donors (Lipinski definition) is 0. The first-order valence-electron chi connectivity index (χ1n) is 8.73. The fourth-order valence-corrected chi connectivity index (χ4v) is 5.33. The Bertz CT molecular complexity index is 1150. The van der Waals surface area contributed by atoms with Crippen molar-refractivity contribution < 1.29 is 21.6 Å². The van der Waals surface area contributed by atoms with Gasteiger partial charge in [0.2, 0.25) is 15.8 Å². The Morgan fingerprint density at radius 3 is 2.38 bits per heavy atom. The molecule has 0 N–H and O–H groups in total. The van der Waals surface area contributed by atoms with Crippen molar-refractivity contribution in [3.8, 4) is 0 Å². The molecule has 0 aliphatic carbocycles. The molecule has 1 fully saturated rings. The second kappa shape index (κ2) is 7.54. The van der Waals surface area contributed by atoms with Crippen LogP contribution in [0.2, 0.25) is 0 Å². The first-order chi connectivity index (χ1) is 13.7. The zero-order chi connectivity index (χ0) is 20.6. The van der Waals surface area contributed by atoms with Crippen LogP contribution in [-0.4, -0.2) is 40.8 Å². The van der Waals surface area contributed by atoms with Crippen molar-refractivity contribution in [1.82, 2.24) is 19.3 Å². The van der Waals surface area contributed by atoms with E-state index in [0.717, 1.165) is 24.6 Å². The van der Waals surface area contributed by atoms with E-state index in [-0.39, 0.29) is 15.4 Å². The zero-order valence-electron chi connectivity index (χ0n) is 14.9. The third-order valence-corrected chi connectivity index (χ3v) is 7.27. The highest BCUT2D eigenvalue weighted by molar-refractivity contribution is 7.99. The molecule has 1 aromatic carbocycles. The van der Waals surface area contributed by atoms with Crippen molar-refractivity contribution in [1.29, 1.82) is 0 Å². The van der Waals surface area contributed by atoms with E-state index in [4.69, 9.17) is 0 Å². The van der Waals surface area contributed by atoms with Crippen LogP contribution in [0.1, 0.15) is 18.7 Å². The monoisotopic (exact) mass is 440 g/mol. The summed E-state index contributed by atoms with van der Waals surface area (Å²) in [6.45, 7) is 0.956. The minimum atomic E-state index is -4.68. The van der Waals surface area contributed by atoms with Crippen molar-refractivity contribution in [2.24, 2.45) is 0 Å². The predicted molar refractivity (Wildman–Crippen MR) is 101 cm³/mol. The molecular weight excluding hydrogens is 425 g/mol. The van der Waals surface area contributed by atoms with Gasteiger partial charge in [-0.1, -0.05) is 18.2 Å². The minimum Gasteiger partial charge on any atom is -0.248 e. The van der Waals surface area contributed by atoms with Crippen LogP contribution in [0.4, 0.5) is 13.2 Å². The van der Waals surface area contributed by atoms with Crippen LogP contribution in [0.25, 0.3) is 10.9 Å². The lowest BCUT2D eigenvalue weighted by Crippen LogP contribution is -2.27. The number of hydrogen-bond acceptors (Lipinski definition) is 6. The summed E-state index contributed by atoms with van der Waals surface area (Å²) < 4.78 is 66.0. The molecular formula is C18H15F3N4O2S2. The quantitative estimate of drug-likeness (QED) is 0.572.